The van der Waals surface area contributed by atoms with Crippen LogP contribution < -0.4 is 0 Å². The maximum Gasteiger partial charge on any atom is 0.155 e. The van der Waals surface area contributed by atoms with Crippen LogP contribution >= 0.6 is 11.6 Å². The van der Waals surface area contributed by atoms with E-state index in [0.29, 0.717) is 30.6 Å². The molecule has 2 heterocycles. The number of halogens is 1. The standard InChI is InChI=1S/C13H14ClN3O/c1-2-18-9-13-16-11(7-12(14)17-13)6-10-4-3-5-15-8-10/h3-5,7-8H,2,6,9H2,1H3. The Morgan fingerprint density at radius 1 is 1.33 bits per heavy atom. The molecule has 0 aliphatic rings. The summed E-state index contributed by atoms with van der Waals surface area (Å²) in [5.74, 6) is 0.614. The first-order valence-corrected chi connectivity index (χ1v) is 6.14. The molecule has 0 atom stereocenters. The number of aromatic nitrogens is 3. The Morgan fingerprint density at radius 3 is 2.94 bits per heavy atom. The van der Waals surface area contributed by atoms with Gasteiger partial charge in [-0.1, -0.05) is 17.7 Å². The van der Waals surface area contributed by atoms with Gasteiger partial charge in [-0.2, -0.15) is 0 Å². The lowest BCUT2D eigenvalue weighted by Crippen LogP contribution is -2.03. The second-order valence-electron chi connectivity index (χ2n) is 3.77. The van der Waals surface area contributed by atoms with E-state index in [0.717, 1.165) is 11.3 Å². The first-order valence-electron chi connectivity index (χ1n) is 5.77. The van der Waals surface area contributed by atoms with Crippen molar-refractivity contribution in [2.45, 2.75) is 20.0 Å². The third-order valence-electron chi connectivity index (χ3n) is 2.34. The van der Waals surface area contributed by atoms with Crippen LogP contribution in [0.25, 0.3) is 0 Å². The zero-order valence-electron chi connectivity index (χ0n) is 10.1. The fourth-order valence-electron chi connectivity index (χ4n) is 1.58. The molecule has 0 saturated carbocycles. The van der Waals surface area contributed by atoms with Crippen LogP contribution in [0.1, 0.15) is 24.0 Å². The predicted octanol–water partition coefficient (Wildman–Crippen LogP) is 2.65. The van der Waals surface area contributed by atoms with Gasteiger partial charge >= 0.3 is 0 Å². The number of nitrogens with zero attached hydrogens (tertiary/aromatic N) is 3. The molecule has 2 aromatic heterocycles. The van der Waals surface area contributed by atoms with E-state index in [2.05, 4.69) is 15.0 Å². The Morgan fingerprint density at radius 2 is 2.22 bits per heavy atom. The van der Waals surface area contributed by atoms with Crippen LogP contribution in [0, 0.1) is 0 Å². The Balaban J connectivity index is 2.15. The number of hydrogen-bond acceptors (Lipinski definition) is 4. The summed E-state index contributed by atoms with van der Waals surface area (Å²) in [5, 5.41) is 0.443. The van der Waals surface area contributed by atoms with E-state index in [1.807, 2.05) is 25.3 Å². The number of pyridine rings is 1. The molecule has 4 nitrogen and oxygen atoms in total. The molecule has 0 amide bonds. The van der Waals surface area contributed by atoms with Gasteiger partial charge in [0, 0.05) is 25.4 Å². The molecule has 5 heteroatoms. The van der Waals surface area contributed by atoms with Crippen molar-refractivity contribution in [1.82, 2.24) is 15.0 Å². The molecule has 0 N–H and O–H groups in total. The molecular weight excluding hydrogens is 250 g/mol. The van der Waals surface area contributed by atoms with Gasteiger partial charge in [-0.15, -0.1) is 0 Å². The van der Waals surface area contributed by atoms with Gasteiger partial charge < -0.3 is 4.74 Å². The molecule has 0 spiro atoms. The molecule has 18 heavy (non-hydrogen) atoms. The summed E-state index contributed by atoms with van der Waals surface area (Å²) in [6.07, 6.45) is 4.25. The van der Waals surface area contributed by atoms with Gasteiger partial charge in [0.25, 0.3) is 0 Å². The number of rotatable bonds is 5. The minimum absolute atomic E-state index is 0.386. The largest absolute Gasteiger partial charge is 0.374 e. The Hall–Kier alpha value is -1.52. The lowest BCUT2D eigenvalue weighted by atomic mass is 10.1. The summed E-state index contributed by atoms with van der Waals surface area (Å²) in [7, 11) is 0. The highest BCUT2D eigenvalue weighted by atomic mass is 35.5. The van der Waals surface area contributed by atoms with Crippen LogP contribution in [0.4, 0.5) is 0 Å². The third kappa shape index (κ3) is 3.75. The lowest BCUT2D eigenvalue weighted by molar-refractivity contribution is 0.128. The maximum atomic E-state index is 5.97. The van der Waals surface area contributed by atoms with Crippen LogP contribution in [-0.4, -0.2) is 21.6 Å². The van der Waals surface area contributed by atoms with Crippen molar-refractivity contribution in [1.29, 1.82) is 0 Å². The lowest BCUT2D eigenvalue weighted by Gasteiger charge is -2.05. The molecule has 2 aromatic rings. The van der Waals surface area contributed by atoms with Crippen molar-refractivity contribution in [3.8, 4) is 0 Å². The zero-order chi connectivity index (χ0) is 12.8. The highest BCUT2D eigenvalue weighted by Crippen LogP contribution is 2.12. The quantitative estimate of drug-likeness (QED) is 0.778. The summed E-state index contributed by atoms with van der Waals surface area (Å²) in [5.41, 5.74) is 1.97. The van der Waals surface area contributed by atoms with Crippen molar-refractivity contribution in [2.24, 2.45) is 0 Å². The smallest absolute Gasteiger partial charge is 0.155 e. The van der Waals surface area contributed by atoms with E-state index in [9.17, 15) is 0 Å². The van der Waals surface area contributed by atoms with E-state index in [1.165, 1.54) is 0 Å². The fourth-order valence-corrected chi connectivity index (χ4v) is 1.80. The molecule has 0 unspecified atom stereocenters. The molecular formula is C13H14ClN3O. The third-order valence-corrected chi connectivity index (χ3v) is 2.53. The van der Waals surface area contributed by atoms with Crippen molar-refractivity contribution in [3.63, 3.8) is 0 Å². The van der Waals surface area contributed by atoms with Gasteiger partial charge in [0.2, 0.25) is 0 Å². The monoisotopic (exact) mass is 263 g/mol. The summed E-state index contributed by atoms with van der Waals surface area (Å²) >= 11 is 5.97. The van der Waals surface area contributed by atoms with Gasteiger partial charge in [-0.25, -0.2) is 9.97 Å². The number of ether oxygens (including phenoxy) is 1. The first kappa shape index (κ1) is 12.9. The van der Waals surface area contributed by atoms with Crippen molar-refractivity contribution in [2.75, 3.05) is 6.61 Å². The molecule has 0 aromatic carbocycles. The van der Waals surface area contributed by atoms with Crippen LogP contribution in [-0.2, 0) is 17.8 Å². The minimum Gasteiger partial charge on any atom is -0.374 e. The topological polar surface area (TPSA) is 47.9 Å². The van der Waals surface area contributed by atoms with Crippen molar-refractivity contribution >= 4 is 11.6 Å². The van der Waals surface area contributed by atoms with E-state index in [-0.39, 0.29) is 0 Å². The SMILES string of the molecule is CCOCc1nc(Cl)cc(Cc2cccnc2)n1. The van der Waals surface area contributed by atoms with E-state index < -0.39 is 0 Å². The highest BCUT2D eigenvalue weighted by molar-refractivity contribution is 6.29. The second kappa shape index (κ2) is 6.42. The average Bonchev–Trinajstić information content (AvgIpc) is 2.37. The Kier molecular flexibility index (Phi) is 4.61. The molecule has 0 aliphatic heterocycles. The predicted molar refractivity (Wildman–Crippen MR) is 69.4 cm³/mol. The highest BCUT2D eigenvalue weighted by Gasteiger charge is 2.04. The van der Waals surface area contributed by atoms with Gasteiger partial charge in [-0.05, 0) is 24.6 Å². The molecule has 0 bridgehead atoms. The van der Waals surface area contributed by atoms with Gasteiger partial charge in [0.1, 0.15) is 11.8 Å². The van der Waals surface area contributed by atoms with Crippen molar-refractivity contribution < 1.29 is 4.74 Å². The first-order chi connectivity index (χ1) is 8.78. The Bertz CT molecular complexity index is 505. The van der Waals surface area contributed by atoms with Crippen LogP contribution in [0.2, 0.25) is 5.15 Å². The van der Waals surface area contributed by atoms with Gasteiger partial charge in [-0.3, -0.25) is 4.98 Å². The van der Waals surface area contributed by atoms with Crippen LogP contribution in [0.5, 0.6) is 0 Å². The van der Waals surface area contributed by atoms with E-state index in [1.54, 1.807) is 12.3 Å². The molecule has 0 radical (unpaired) electrons. The van der Waals surface area contributed by atoms with E-state index in [4.69, 9.17) is 16.3 Å². The summed E-state index contributed by atoms with van der Waals surface area (Å²) in [6.45, 7) is 2.95. The number of hydrogen-bond donors (Lipinski definition) is 0. The molecule has 0 fully saturated rings. The Labute approximate surface area is 111 Å². The van der Waals surface area contributed by atoms with Crippen LogP contribution in [0.15, 0.2) is 30.6 Å². The normalized spacial score (nSPS) is 10.6. The zero-order valence-corrected chi connectivity index (χ0v) is 10.9. The summed E-state index contributed by atoms with van der Waals surface area (Å²) in [6, 6.07) is 5.68. The summed E-state index contributed by atoms with van der Waals surface area (Å²) in [4.78, 5) is 12.6. The maximum absolute atomic E-state index is 5.97. The van der Waals surface area contributed by atoms with Gasteiger partial charge in [0.15, 0.2) is 5.82 Å². The molecule has 2 rings (SSSR count). The van der Waals surface area contributed by atoms with Gasteiger partial charge in [0.05, 0.1) is 5.69 Å². The molecule has 0 saturated heterocycles. The minimum atomic E-state index is 0.386. The molecule has 0 aliphatic carbocycles. The fraction of sp³-hybridized carbons (Fsp3) is 0.308. The second-order valence-corrected chi connectivity index (χ2v) is 4.16. The average molecular weight is 264 g/mol. The van der Waals surface area contributed by atoms with E-state index >= 15 is 0 Å². The summed E-state index contributed by atoms with van der Waals surface area (Å²) < 4.78 is 5.28. The van der Waals surface area contributed by atoms with Crippen molar-refractivity contribution in [3.05, 3.63) is 52.8 Å². The molecule has 94 valence electrons. The van der Waals surface area contributed by atoms with Crippen LogP contribution in [0.3, 0.4) is 0 Å².